The summed E-state index contributed by atoms with van der Waals surface area (Å²) in [6.07, 6.45) is 1.42. The van der Waals surface area contributed by atoms with Crippen LogP contribution in [0.4, 0.5) is 9.52 Å². The van der Waals surface area contributed by atoms with Crippen molar-refractivity contribution >= 4 is 22.4 Å². The summed E-state index contributed by atoms with van der Waals surface area (Å²) in [4.78, 5) is 16.0. The predicted molar refractivity (Wildman–Crippen MR) is 68.8 cm³/mol. The Hall–Kier alpha value is -1.95. The number of anilines is 1. The number of nitrogens with zero attached hydrogens (tertiary/aromatic N) is 1. The molecule has 0 radical (unpaired) electrons. The van der Waals surface area contributed by atoms with Gasteiger partial charge in [-0.15, -0.1) is 0 Å². The zero-order valence-electron chi connectivity index (χ0n) is 9.74. The van der Waals surface area contributed by atoms with Crippen LogP contribution in [0.15, 0.2) is 24.4 Å². The number of nitrogens with two attached hydrogens (primary N) is 1. The molecule has 6 heteroatoms. The number of nitrogens with one attached hydrogen (secondary N) is 1. The fraction of sp³-hybridized carbons (Fsp3) is 0.167. The summed E-state index contributed by atoms with van der Waals surface area (Å²) in [5, 5.41) is 3.06. The minimum absolute atomic E-state index is 0.257. The number of amides is 1. The minimum atomic E-state index is -0.274. The van der Waals surface area contributed by atoms with Gasteiger partial charge in [0.2, 0.25) is 0 Å². The average molecular weight is 265 g/mol. The SMILES string of the molecule is Cc1c(F)cccc1CNC(=O)c1cnc(N)s1. The normalized spacial score (nSPS) is 10.3. The highest BCUT2D eigenvalue weighted by Crippen LogP contribution is 2.15. The van der Waals surface area contributed by atoms with Crippen molar-refractivity contribution in [3.8, 4) is 0 Å². The van der Waals surface area contributed by atoms with Crippen molar-refractivity contribution in [3.63, 3.8) is 0 Å². The maximum absolute atomic E-state index is 13.3. The lowest BCUT2D eigenvalue weighted by Gasteiger charge is -2.07. The zero-order valence-corrected chi connectivity index (χ0v) is 10.6. The summed E-state index contributed by atoms with van der Waals surface area (Å²) in [6.45, 7) is 1.96. The van der Waals surface area contributed by atoms with Crippen LogP contribution in [0.5, 0.6) is 0 Å². The van der Waals surface area contributed by atoms with E-state index in [4.69, 9.17) is 5.73 Å². The van der Waals surface area contributed by atoms with Gasteiger partial charge in [-0.25, -0.2) is 9.37 Å². The minimum Gasteiger partial charge on any atom is -0.375 e. The highest BCUT2D eigenvalue weighted by Gasteiger charge is 2.10. The number of nitrogen functional groups attached to an aromatic ring is 1. The summed E-state index contributed by atoms with van der Waals surface area (Å²) in [5.74, 6) is -0.531. The molecular weight excluding hydrogens is 253 g/mol. The topological polar surface area (TPSA) is 68.0 Å². The first-order chi connectivity index (χ1) is 8.58. The van der Waals surface area contributed by atoms with Gasteiger partial charge < -0.3 is 11.1 Å². The third-order valence-electron chi connectivity index (χ3n) is 2.57. The van der Waals surface area contributed by atoms with E-state index in [-0.39, 0.29) is 18.3 Å². The van der Waals surface area contributed by atoms with Gasteiger partial charge in [-0.1, -0.05) is 23.5 Å². The molecule has 1 heterocycles. The van der Waals surface area contributed by atoms with Crippen molar-refractivity contribution in [1.82, 2.24) is 10.3 Å². The fourth-order valence-corrected chi connectivity index (χ4v) is 2.10. The standard InChI is InChI=1S/C12H12FN3OS/c1-7-8(3-2-4-9(7)13)5-15-11(17)10-6-16-12(14)18-10/h2-4,6H,5H2,1H3,(H2,14,16)(H,15,17). The van der Waals surface area contributed by atoms with E-state index in [0.717, 1.165) is 16.9 Å². The lowest BCUT2D eigenvalue weighted by atomic mass is 10.1. The second-order valence-corrected chi connectivity index (χ2v) is 4.83. The van der Waals surface area contributed by atoms with Gasteiger partial charge in [0.05, 0.1) is 6.20 Å². The maximum Gasteiger partial charge on any atom is 0.263 e. The molecule has 1 amide bonds. The number of benzene rings is 1. The van der Waals surface area contributed by atoms with E-state index in [1.54, 1.807) is 19.1 Å². The molecule has 0 aliphatic rings. The number of carbonyl (C=O) groups is 1. The van der Waals surface area contributed by atoms with E-state index in [9.17, 15) is 9.18 Å². The number of carbonyl (C=O) groups excluding carboxylic acids is 1. The molecule has 0 atom stereocenters. The largest absolute Gasteiger partial charge is 0.375 e. The van der Waals surface area contributed by atoms with Crippen LogP contribution >= 0.6 is 11.3 Å². The van der Waals surface area contributed by atoms with E-state index in [0.29, 0.717) is 15.6 Å². The highest BCUT2D eigenvalue weighted by atomic mass is 32.1. The Balaban J connectivity index is 2.04. The summed E-state index contributed by atoms with van der Waals surface area (Å²) >= 11 is 1.12. The van der Waals surface area contributed by atoms with Gasteiger partial charge in [0.15, 0.2) is 5.13 Å². The fourth-order valence-electron chi connectivity index (χ4n) is 1.50. The first kappa shape index (κ1) is 12.5. The van der Waals surface area contributed by atoms with Crippen LogP contribution < -0.4 is 11.1 Å². The monoisotopic (exact) mass is 265 g/mol. The van der Waals surface area contributed by atoms with Crippen molar-refractivity contribution in [2.75, 3.05) is 5.73 Å². The molecule has 3 N–H and O–H groups in total. The van der Waals surface area contributed by atoms with Gasteiger partial charge in [0.25, 0.3) is 5.91 Å². The molecule has 4 nitrogen and oxygen atoms in total. The number of rotatable bonds is 3. The third-order valence-corrected chi connectivity index (χ3v) is 3.39. The molecule has 0 unspecified atom stereocenters. The Labute approximate surface area is 108 Å². The molecule has 2 rings (SSSR count). The smallest absolute Gasteiger partial charge is 0.263 e. The quantitative estimate of drug-likeness (QED) is 0.893. The van der Waals surface area contributed by atoms with Crippen molar-refractivity contribution < 1.29 is 9.18 Å². The molecule has 0 fully saturated rings. The summed E-state index contributed by atoms with van der Waals surface area (Å²) in [6, 6.07) is 4.79. The first-order valence-electron chi connectivity index (χ1n) is 5.31. The van der Waals surface area contributed by atoms with Gasteiger partial charge in [-0.2, -0.15) is 0 Å². The number of halogens is 1. The molecule has 0 aliphatic heterocycles. The number of aromatic nitrogens is 1. The number of hydrogen-bond acceptors (Lipinski definition) is 4. The molecule has 0 aliphatic carbocycles. The summed E-state index contributed by atoms with van der Waals surface area (Å²) in [5.41, 5.74) is 6.74. The van der Waals surface area contributed by atoms with Crippen LogP contribution in [-0.2, 0) is 6.54 Å². The van der Waals surface area contributed by atoms with E-state index < -0.39 is 0 Å². The Morgan fingerprint density at radius 1 is 1.56 bits per heavy atom. The van der Waals surface area contributed by atoms with Crippen LogP contribution in [0, 0.1) is 12.7 Å². The Bertz CT molecular complexity index is 582. The van der Waals surface area contributed by atoms with E-state index in [1.807, 2.05) is 0 Å². The van der Waals surface area contributed by atoms with Crippen molar-refractivity contribution in [2.45, 2.75) is 13.5 Å². The molecule has 0 bridgehead atoms. The van der Waals surface area contributed by atoms with Gasteiger partial charge in [-0.3, -0.25) is 4.79 Å². The van der Waals surface area contributed by atoms with Gasteiger partial charge >= 0.3 is 0 Å². The third kappa shape index (κ3) is 2.65. The molecule has 2 aromatic rings. The average Bonchev–Trinajstić information content (AvgIpc) is 2.77. The van der Waals surface area contributed by atoms with Crippen molar-refractivity contribution in [2.24, 2.45) is 0 Å². The molecule has 0 spiro atoms. The highest BCUT2D eigenvalue weighted by molar-refractivity contribution is 7.17. The molecule has 1 aromatic carbocycles. The molecule has 0 saturated carbocycles. The van der Waals surface area contributed by atoms with E-state index in [1.165, 1.54) is 12.3 Å². The van der Waals surface area contributed by atoms with Gasteiger partial charge in [0.1, 0.15) is 10.7 Å². The van der Waals surface area contributed by atoms with E-state index in [2.05, 4.69) is 10.3 Å². The second kappa shape index (κ2) is 5.14. The molecule has 94 valence electrons. The molecule has 1 aromatic heterocycles. The first-order valence-corrected chi connectivity index (χ1v) is 6.13. The number of thiazole rings is 1. The Kier molecular flexibility index (Phi) is 3.57. The molecular formula is C12H12FN3OS. The van der Waals surface area contributed by atoms with Crippen molar-refractivity contribution in [1.29, 1.82) is 0 Å². The van der Waals surface area contributed by atoms with Crippen LogP contribution in [0.2, 0.25) is 0 Å². The van der Waals surface area contributed by atoms with Crippen LogP contribution in [-0.4, -0.2) is 10.9 Å². The van der Waals surface area contributed by atoms with Gasteiger partial charge in [0, 0.05) is 6.54 Å². The number of hydrogen-bond donors (Lipinski definition) is 2. The zero-order chi connectivity index (χ0) is 13.1. The summed E-state index contributed by atoms with van der Waals surface area (Å²) < 4.78 is 13.3. The van der Waals surface area contributed by atoms with Crippen molar-refractivity contribution in [3.05, 3.63) is 46.2 Å². The van der Waals surface area contributed by atoms with Crippen LogP contribution in [0.25, 0.3) is 0 Å². The molecule has 18 heavy (non-hydrogen) atoms. The molecule has 0 saturated heterocycles. The van der Waals surface area contributed by atoms with Gasteiger partial charge in [-0.05, 0) is 24.1 Å². The lowest BCUT2D eigenvalue weighted by Crippen LogP contribution is -2.22. The van der Waals surface area contributed by atoms with Crippen LogP contribution in [0.3, 0.4) is 0 Å². The maximum atomic E-state index is 13.3. The summed E-state index contributed by atoms with van der Waals surface area (Å²) in [7, 11) is 0. The van der Waals surface area contributed by atoms with E-state index >= 15 is 0 Å². The van der Waals surface area contributed by atoms with Crippen LogP contribution in [0.1, 0.15) is 20.8 Å². The predicted octanol–water partition coefficient (Wildman–Crippen LogP) is 2.10. The lowest BCUT2D eigenvalue weighted by molar-refractivity contribution is 0.0954. The second-order valence-electron chi connectivity index (χ2n) is 3.77. The Morgan fingerprint density at radius 3 is 3.00 bits per heavy atom. The Morgan fingerprint density at radius 2 is 2.33 bits per heavy atom.